The number of aryl methyl sites for hydroxylation is 2. The highest BCUT2D eigenvalue weighted by atomic mass is 15.1. The Hall–Kier alpha value is -3.66. The monoisotopic (exact) mass is 464 g/mol. The summed E-state index contributed by atoms with van der Waals surface area (Å²) in [5, 5.41) is 4.26. The number of benzene rings is 2. The molecule has 2 aromatic carbocycles. The first-order valence-corrected chi connectivity index (χ1v) is 12.4. The predicted octanol–water partition coefficient (Wildman–Crippen LogP) is 8.01. The first kappa shape index (κ1) is 24.5. The number of para-hydroxylation sites is 1. The number of aromatic nitrogens is 2. The van der Waals surface area contributed by atoms with E-state index in [4.69, 9.17) is 10.7 Å². The number of hydrogen-bond acceptors (Lipinski definition) is 4. The summed E-state index contributed by atoms with van der Waals surface area (Å²) in [6.45, 7) is 17.1. The molecule has 4 rings (SSSR count). The quantitative estimate of drug-likeness (QED) is 0.363. The van der Waals surface area contributed by atoms with Gasteiger partial charge in [0, 0.05) is 22.6 Å². The molecule has 0 radical (unpaired) electrons. The zero-order valence-electron chi connectivity index (χ0n) is 21.7. The van der Waals surface area contributed by atoms with E-state index >= 15 is 0 Å². The molecule has 2 unspecified atom stereocenters. The van der Waals surface area contributed by atoms with Crippen molar-refractivity contribution < 1.29 is 0 Å². The molecule has 1 aliphatic rings. The Kier molecular flexibility index (Phi) is 6.93. The molecule has 0 spiro atoms. The number of anilines is 2. The molecule has 3 aromatic rings. The number of allylic oxidation sites excluding steroid dienone is 6. The molecule has 1 aromatic heterocycles. The van der Waals surface area contributed by atoms with Gasteiger partial charge in [-0.25, -0.2) is 4.98 Å². The minimum atomic E-state index is 0.304. The third-order valence-corrected chi connectivity index (χ3v) is 7.10. The number of hydrogen-bond donors (Lipinski definition) is 2. The highest BCUT2D eigenvalue weighted by molar-refractivity contribution is 6.00. The van der Waals surface area contributed by atoms with Crippen LogP contribution in [0.4, 0.5) is 11.8 Å². The number of rotatable bonds is 6. The van der Waals surface area contributed by atoms with Gasteiger partial charge in [-0.1, -0.05) is 68.8 Å². The Morgan fingerprint density at radius 3 is 2.51 bits per heavy atom. The van der Waals surface area contributed by atoms with Crippen LogP contribution in [0.25, 0.3) is 22.0 Å². The Balaban J connectivity index is 1.78. The summed E-state index contributed by atoms with van der Waals surface area (Å²) >= 11 is 0. The Labute approximate surface area is 209 Å². The van der Waals surface area contributed by atoms with Crippen molar-refractivity contribution in [2.75, 3.05) is 11.1 Å². The second-order valence-electron chi connectivity index (χ2n) is 9.65. The molecule has 35 heavy (non-hydrogen) atoms. The van der Waals surface area contributed by atoms with Gasteiger partial charge in [-0.15, -0.1) is 6.58 Å². The van der Waals surface area contributed by atoms with E-state index in [2.05, 4.69) is 94.8 Å². The Morgan fingerprint density at radius 2 is 1.89 bits per heavy atom. The van der Waals surface area contributed by atoms with Crippen LogP contribution < -0.4 is 11.1 Å². The summed E-state index contributed by atoms with van der Waals surface area (Å²) in [6, 6.07) is 10.6. The first-order valence-electron chi connectivity index (χ1n) is 12.4. The van der Waals surface area contributed by atoms with Gasteiger partial charge in [0.1, 0.15) is 5.82 Å². The van der Waals surface area contributed by atoms with Crippen LogP contribution in [0.2, 0.25) is 0 Å². The lowest BCUT2D eigenvalue weighted by Crippen LogP contribution is -2.10. The van der Waals surface area contributed by atoms with E-state index in [-0.39, 0.29) is 0 Å². The van der Waals surface area contributed by atoms with Crippen LogP contribution in [-0.2, 0) is 0 Å². The van der Waals surface area contributed by atoms with Crippen molar-refractivity contribution in [2.45, 2.75) is 53.9 Å². The zero-order valence-corrected chi connectivity index (χ0v) is 21.7. The van der Waals surface area contributed by atoms with Gasteiger partial charge in [0.05, 0.1) is 5.52 Å². The smallest absolute Gasteiger partial charge is 0.229 e. The van der Waals surface area contributed by atoms with Crippen molar-refractivity contribution in [3.05, 3.63) is 94.7 Å². The highest BCUT2D eigenvalue weighted by Gasteiger charge is 2.17. The molecule has 0 amide bonds. The van der Waals surface area contributed by atoms with Gasteiger partial charge in [-0.3, -0.25) is 0 Å². The maximum Gasteiger partial charge on any atom is 0.229 e. The fourth-order valence-corrected chi connectivity index (χ4v) is 4.95. The zero-order chi connectivity index (χ0) is 25.3. The van der Waals surface area contributed by atoms with Gasteiger partial charge in [0.25, 0.3) is 0 Å². The van der Waals surface area contributed by atoms with Crippen LogP contribution >= 0.6 is 0 Å². The first-order chi connectivity index (χ1) is 16.7. The van der Waals surface area contributed by atoms with Crippen molar-refractivity contribution in [1.82, 2.24) is 9.97 Å². The molecule has 180 valence electrons. The van der Waals surface area contributed by atoms with E-state index < -0.39 is 0 Å². The van der Waals surface area contributed by atoms with Gasteiger partial charge in [0.15, 0.2) is 0 Å². The van der Waals surface area contributed by atoms with Crippen LogP contribution in [0.15, 0.2) is 78.1 Å². The lowest BCUT2D eigenvalue weighted by molar-refractivity contribution is 0.841. The molecule has 0 saturated carbocycles. The molecule has 0 fully saturated rings. The van der Waals surface area contributed by atoms with E-state index in [0.717, 1.165) is 28.6 Å². The maximum atomic E-state index is 6.43. The predicted molar refractivity (Wildman–Crippen MR) is 150 cm³/mol. The molecule has 1 aliphatic carbocycles. The number of fused-ring (bicyclic) bond motifs is 1. The van der Waals surface area contributed by atoms with E-state index in [1.165, 1.54) is 33.4 Å². The molecule has 4 heteroatoms. The van der Waals surface area contributed by atoms with Gasteiger partial charge in [-0.05, 0) is 73.1 Å². The van der Waals surface area contributed by atoms with Crippen LogP contribution in [0.3, 0.4) is 0 Å². The molecule has 2 atom stereocenters. The molecular formula is C31H36N4. The number of nitrogens with two attached hydrogens (primary N) is 1. The van der Waals surface area contributed by atoms with Gasteiger partial charge < -0.3 is 11.1 Å². The fraction of sp³-hybridized carbons (Fsp3) is 0.290. The van der Waals surface area contributed by atoms with Crippen LogP contribution in [0.5, 0.6) is 0 Å². The van der Waals surface area contributed by atoms with Crippen molar-refractivity contribution in [2.24, 2.45) is 5.92 Å². The molecule has 1 heterocycles. The fourth-order valence-electron chi connectivity index (χ4n) is 4.95. The minimum Gasteiger partial charge on any atom is -0.383 e. The average molecular weight is 465 g/mol. The van der Waals surface area contributed by atoms with Crippen LogP contribution in [-0.4, -0.2) is 9.97 Å². The van der Waals surface area contributed by atoms with Crippen molar-refractivity contribution in [3.8, 4) is 11.1 Å². The largest absolute Gasteiger partial charge is 0.383 e. The highest BCUT2D eigenvalue weighted by Crippen LogP contribution is 2.36. The molecule has 4 nitrogen and oxygen atoms in total. The maximum absolute atomic E-state index is 6.43. The second kappa shape index (κ2) is 9.91. The van der Waals surface area contributed by atoms with Crippen molar-refractivity contribution in [3.63, 3.8) is 0 Å². The standard InChI is InChI=1S/C31H36N4/c1-8-18(3)23-15-21(6)28(22(7)16-23)26-11-10-12-27-29(26)34-31(35-30(27)32)33-24-13-14-25(19(4)9-2)20(5)17-24/h8,10-18,20H,1,9H2,2-7H3,(H3,32,33,34,35)/b25-19+. The number of nitrogens with zero attached hydrogens (tertiary/aromatic N) is 2. The Bertz CT molecular complexity index is 1370. The van der Waals surface area contributed by atoms with Crippen molar-refractivity contribution in [1.29, 1.82) is 0 Å². The van der Waals surface area contributed by atoms with E-state index in [1.54, 1.807) is 0 Å². The third kappa shape index (κ3) is 4.79. The summed E-state index contributed by atoms with van der Waals surface area (Å²) < 4.78 is 0. The summed E-state index contributed by atoms with van der Waals surface area (Å²) in [5.74, 6) is 1.62. The normalized spacial score (nSPS) is 17.8. The molecular weight excluding hydrogens is 428 g/mol. The Morgan fingerprint density at radius 1 is 1.17 bits per heavy atom. The number of nitrogens with one attached hydrogen (secondary N) is 1. The van der Waals surface area contributed by atoms with Crippen molar-refractivity contribution >= 4 is 22.7 Å². The summed E-state index contributed by atoms with van der Waals surface area (Å²) in [5.41, 5.74) is 17.0. The lowest BCUT2D eigenvalue weighted by Gasteiger charge is -2.20. The van der Waals surface area contributed by atoms with Gasteiger partial charge >= 0.3 is 0 Å². The van der Waals surface area contributed by atoms with Crippen LogP contribution in [0.1, 0.15) is 56.7 Å². The summed E-state index contributed by atoms with van der Waals surface area (Å²) in [7, 11) is 0. The topological polar surface area (TPSA) is 63.8 Å². The molecule has 0 aliphatic heterocycles. The van der Waals surface area contributed by atoms with E-state index in [0.29, 0.717) is 23.6 Å². The van der Waals surface area contributed by atoms with Gasteiger partial charge in [0.2, 0.25) is 5.95 Å². The van der Waals surface area contributed by atoms with Crippen LogP contribution in [0, 0.1) is 19.8 Å². The van der Waals surface area contributed by atoms with Gasteiger partial charge in [-0.2, -0.15) is 4.98 Å². The van der Waals surface area contributed by atoms with E-state index in [9.17, 15) is 0 Å². The van der Waals surface area contributed by atoms with E-state index in [1.807, 2.05) is 18.2 Å². The molecule has 0 bridgehead atoms. The molecule has 0 saturated heterocycles. The average Bonchev–Trinajstić information content (AvgIpc) is 2.83. The number of nitrogen functional groups attached to an aromatic ring is 1. The SMILES string of the molecule is C=CC(C)c1cc(C)c(-c2cccc3c(N)nc(NC4=CC(C)/C(=C(\C)CC)C=C4)nc23)c(C)c1. The second-order valence-corrected chi connectivity index (χ2v) is 9.65. The third-order valence-electron chi connectivity index (χ3n) is 7.10. The summed E-state index contributed by atoms with van der Waals surface area (Å²) in [4.78, 5) is 9.53. The minimum absolute atomic E-state index is 0.304. The lowest BCUT2D eigenvalue weighted by atomic mass is 9.89. The summed E-state index contributed by atoms with van der Waals surface area (Å²) in [6.07, 6.45) is 9.55. The molecule has 3 N–H and O–H groups in total.